The first-order chi connectivity index (χ1) is 26.8. The first-order valence-electron chi connectivity index (χ1n) is 18.2. The maximum Gasteiger partial charge on any atom is 0.238 e. The molecular weight excluding hydrogens is 659 g/mol. The van der Waals surface area contributed by atoms with E-state index in [0.717, 1.165) is 55.0 Å². The second-order valence-corrected chi connectivity index (χ2v) is 13.7. The van der Waals surface area contributed by atoms with E-state index in [1.165, 1.54) is 27.3 Å². The smallest absolute Gasteiger partial charge is 0.238 e. The molecule has 0 unspecified atom stereocenters. The largest absolute Gasteiger partial charge is 0.309 e. The van der Waals surface area contributed by atoms with E-state index < -0.39 is 0 Å². The molecule has 5 heteroatoms. The lowest BCUT2D eigenvalue weighted by molar-refractivity contribution is 0.955. The van der Waals surface area contributed by atoms with Gasteiger partial charge in [0.15, 0.2) is 11.6 Å². The van der Waals surface area contributed by atoms with E-state index in [0.29, 0.717) is 17.6 Å². The lowest BCUT2D eigenvalue weighted by Gasteiger charge is -2.12. The van der Waals surface area contributed by atoms with Gasteiger partial charge < -0.3 is 4.57 Å². The highest BCUT2D eigenvalue weighted by Gasteiger charge is 2.24. The highest BCUT2D eigenvalue weighted by atomic mass is 15.2. The summed E-state index contributed by atoms with van der Waals surface area (Å²) in [4.78, 5) is 15.5. The van der Waals surface area contributed by atoms with E-state index >= 15 is 0 Å². The topological polar surface area (TPSA) is 48.5 Å². The summed E-state index contributed by atoms with van der Waals surface area (Å²) in [6, 6.07) is 66.2. The van der Waals surface area contributed by atoms with Gasteiger partial charge in [-0.1, -0.05) is 158 Å². The Morgan fingerprint density at radius 1 is 0.333 bits per heavy atom. The van der Waals surface area contributed by atoms with Crippen LogP contribution < -0.4 is 0 Å². The molecule has 0 atom stereocenters. The number of rotatable bonds is 5. The number of benzene rings is 8. The van der Waals surface area contributed by atoms with Gasteiger partial charge in [-0.15, -0.1) is 0 Å². The molecule has 0 spiro atoms. The van der Waals surface area contributed by atoms with Crippen molar-refractivity contribution in [3.63, 3.8) is 0 Å². The maximum atomic E-state index is 5.25. The van der Waals surface area contributed by atoms with Gasteiger partial charge >= 0.3 is 0 Å². The molecule has 3 aromatic heterocycles. The molecule has 0 radical (unpaired) electrons. The molecule has 252 valence electrons. The van der Waals surface area contributed by atoms with E-state index in [4.69, 9.17) is 15.0 Å². The quantitative estimate of drug-likeness (QED) is 0.181. The standard InChI is InChI=1S/C49H31N5/c1-4-15-32(16-5-1)36-22-14-23-37(31-36)53-41-26-13-12-25-39(41)44-42(53)29-30-43-45(44)40-28-27-33-17-10-11-24-38(33)46(40)54(43)49-51-47(34-18-6-2-7-19-34)50-48(52-49)35-20-8-3-9-21-35/h1-31H. The molecule has 0 N–H and O–H groups in total. The number of aromatic nitrogens is 5. The van der Waals surface area contributed by atoms with Crippen molar-refractivity contribution in [1.82, 2.24) is 24.1 Å². The fraction of sp³-hybridized carbons (Fsp3) is 0. The number of hydrogen-bond acceptors (Lipinski definition) is 3. The average Bonchev–Trinajstić information content (AvgIpc) is 3.78. The minimum absolute atomic E-state index is 0.581. The van der Waals surface area contributed by atoms with Gasteiger partial charge in [0.1, 0.15) is 0 Å². The molecule has 0 aliphatic rings. The summed E-state index contributed by atoms with van der Waals surface area (Å²) in [6.07, 6.45) is 0. The van der Waals surface area contributed by atoms with E-state index in [9.17, 15) is 0 Å². The summed E-state index contributed by atoms with van der Waals surface area (Å²) in [5, 5.41) is 7.02. The number of para-hydroxylation sites is 1. The van der Waals surface area contributed by atoms with Crippen LogP contribution in [-0.4, -0.2) is 24.1 Å². The van der Waals surface area contributed by atoms with Crippen molar-refractivity contribution in [2.24, 2.45) is 0 Å². The minimum Gasteiger partial charge on any atom is -0.309 e. The summed E-state index contributed by atoms with van der Waals surface area (Å²) in [5.41, 5.74) is 9.78. The van der Waals surface area contributed by atoms with Crippen LogP contribution in [0.1, 0.15) is 0 Å². The summed E-state index contributed by atoms with van der Waals surface area (Å²) in [7, 11) is 0. The Morgan fingerprint density at radius 2 is 0.889 bits per heavy atom. The highest BCUT2D eigenvalue weighted by Crippen LogP contribution is 2.44. The average molecular weight is 690 g/mol. The Kier molecular flexibility index (Phi) is 6.79. The SMILES string of the molecule is c1ccc(-c2cccc(-n3c4ccccc4c4c5c6ccc7ccccc7c6n(-c6nc(-c7ccccc7)nc(-c7ccccc7)n6)c5ccc43)c2)cc1. The lowest BCUT2D eigenvalue weighted by Crippen LogP contribution is -2.06. The van der Waals surface area contributed by atoms with Gasteiger partial charge in [-0.2, -0.15) is 9.97 Å². The van der Waals surface area contributed by atoms with Crippen LogP contribution in [0.2, 0.25) is 0 Å². The third kappa shape index (κ3) is 4.69. The second-order valence-electron chi connectivity index (χ2n) is 13.7. The molecule has 0 saturated heterocycles. The zero-order chi connectivity index (χ0) is 35.6. The molecule has 0 fully saturated rings. The fourth-order valence-electron chi connectivity index (χ4n) is 8.17. The van der Waals surface area contributed by atoms with Crippen LogP contribution >= 0.6 is 0 Å². The van der Waals surface area contributed by atoms with Crippen LogP contribution in [-0.2, 0) is 0 Å². The van der Waals surface area contributed by atoms with E-state index in [2.05, 4.69) is 161 Å². The zero-order valence-electron chi connectivity index (χ0n) is 29.1. The highest BCUT2D eigenvalue weighted by molar-refractivity contribution is 6.31. The minimum atomic E-state index is 0.581. The lowest BCUT2D eigenvalue weighted by atomic mass is 10.0. The molecule has 54 heavy (non-hydrogen) atoms. The van der Waals surface area contributed by atoms with Crippen molar-refractivity contribution < 1.29 is 0 Å². The monoisotopic (exact) mass is 689 g/mol. The first-order valence-corrected chi connectivity index (χ1v) is 18.2. The Balaban J connectivity index is 1.27. The summed E-state index contributed by atoms with van der Waals surface area (Å²) >= 11 is 0. The van der Waals surface area contributed by atoms with E-state index in [1.807, 2.05) is 36.4 Å². The van der Waals surface area contributed by atoms with Gasteiger partial charge in [-0.25, -0.2) is 4.98 Å². The number of fused-ring (bicyclic) bond motifs is 9. The molecule has 0 aliphatic carbocycles. The molecule has 0 amide bonds. The van der Waals surface area contributed by atoms with Crippen LogP contribution in [0, 0.1) is 0 Å². The van der Waals surface area contributed by atoms with Crippen molar-refractivity contribution in [1.29, 1.82) is 0 Å². The normalized spacial score (nSPS) is 11.7. The molecule has 0 bridgehead atoms. The van der Waals surface area contributed by atoms with Crippen molar-refractivity contribution in [2.45, 2.75) is 0 Å². The fourth-order valence-corrected chi connectivity index (χ4v) is 8.17. The number of hydrogen-bond donors (Lipinski definition) is 0. The van der Waals surface area contributed by atoms with Gasteiger partial charge in [-0.05, 0) is 46.8 Å². The Morgan fingerprint density at radius 3 is 1.59 bits per heavy atom. The first kappa shape index (κ1) is 30.3. The van der Waals surface area contributed by atoms with E-state index in [-0.39, 0.29) is 0 Å². The van der Waals surface area contributed by atoms with Crippen LogP contribution in [0.25, 0.3) is 99.9 Å². The van der Waals surface area contributed by atoms with Crippen molar-refractivity contribution in [3.8, 4) is 45.5 Å². The van der Waals surface area contributed by atoms with Crippen LogP contribution in [0.4, 0.5) is 0 Å². The van der Waals surface area contributed by atoms with E-state index in [1.54, 1.807) is 0 Å². The van der Waals surface area contributed by atoms with Gasteiger partial charge in [0.25, 0.3) is 0 Å². The third-order valence-corrected chi connectivity index (χ3v) is 10.6. The molecule has 3 heterocycles. The Labute approximate surface area is 311 Å². The molecule has 11 aromatic rings. The second kappa shape index (κ2) is 12.1. The summed E-state index contributed by atoms with van der Waals surface area (Å²) in [5.74, 6) is 1.84. The Bertz CT molecular complexity index is 3140. The predicted octanol–water partition coefficient (Wildman–Crippen LogP) is 12.2. The zero-order valence-corrected chi connectivity index (χ0v) is 29.1. The van der Waals surface area contributed by atoms with Crippen molar-refractivity contribution >= 4 is 54.4 Å². The van der Waals surface area contributed by atoms with Gasteiger partial charge in [-0.3, -0.25) is 4.57 Å². The van der Waals surface area contributed by atoms with Gasteiger partial charge in [0.05, 0.1) is 22.1 Å². The maximum absolute atomic E-state index is 5.25. The van der Waals surface area contributed by atoms with Crippen LogP contribution in [0.15, 0.2) is 188 Å². The molecule has 0 saturated carbocycles. The number of nitrogens with zero attached hydrogens (tertiary/aromatic N) is 5. The molecule has 11 rings (SSSR count). The molecule has 0 aliphatic heterocycles. The Hall–Kier alpha value is -7.37. The van der Waals surface area contributed by atoms with Gasteiger partial charge in [0.2, 0.25) is 5.95 Å². The molecule has 5 nitrogen and oxygen atoms in total. The third-order valence-electron chi connectivity index (χ3n) is 10.6. The predicted molar refractivity (Wildman–Crippen MR) is 222 cm³/mol. The molecule has 8 aromatic carbocycles. The van der Waals surface area contributed by atoms with Gasteiger partial charge in [0, 0.05) is 43.7 Å². The molecular formula is C49H31N5. The van der Waals surface area contributed by atoms with Crippen molar-refractivity contribution in [3.05, 3.63) is 188 Å². The van der Waals surface area contributed by atoms with Crippen LogP contribution in [0.5, 0.6) is 0 Å². The summed E-state index contributed by atoms with van der Waals surface area (Å²) < 4.78 is 4.67. The summed E-state index contributed by atoms with van der Waals surface area (Å²) in [6.45, 7) is 0. The van der Waals surface area contributed by atoms with Crippen molar-refractivity contribution in [2.75, 3.05) is 0 Å². The van der Waals surface area contributed by atoms with Crippen LogP contribution in [0.3, 0.4) is 0 Å².